The van der Waals surface area contributed by atoms with Crippen LogP contribution in [0, 0.1) is 15.9 Å². The minimum Gasteiger partial charge on any atom is -0.258 e. The fourth-order valence-electron chi connectivity index (χ4n) is 0.746. The number of anilines is 1. The summed E-state index contributed by atoms with van der Waals surface area (Å²) in [6.45, 7) is 0. The van der Waals surface area contributed by atoms with Crippen LogP contribution < -0.4 is 5.34 Å². The molecule has 0 aromatic heterocycles. The molecule has 0 amide bonds. The lowest BCUT2D eigenvalue weighted by Gasteiger charge is -2.01. The van der Waals surface area contributed by atoms with Crippen LogP contribution in [-0.2, 0) is 0 Å². The first kappa shape index (κ1) is 9.30. The summed E-state index contributed by atoms with van der Waals surface area (Å²) in [5.74, 6) is -1.33. The van der Waals surface area contributed by atoms with Gasteiger partial charge in [-0.3, -0.25) is 10.1 Å². The highest BCUT2D eigenvalue weighted by atomic mass is 19.4. The molecule has 70 valence electrons. The number of hydrogen-bond donors (Lipinski definition) is 0. The van der Waals surface area contributed by atoms with Gasteiger partial charge in [-0.2, -0.15) is 0 Å². The molecule has 1 aromatic carbocycles. The molecule has 0 aliphatic carbocycles. The quantitative estimate of drug-likeness (QED) is 0.410. The molecule has 0 heterocycles. The average Bonchev–Trinajstić information content (AvgIpc) is 2.03. The number of nitro groups is 1. The van der Waals surface area contributed by atoms with Crippen LogP contribution in [0.2, 0.25) is 0 Å². The summed E-state index contributed by atoms with van der Waals surface area (Å²) in [5.41, 5.74) is -1.56. The highest BCUT2D eigenvalue weighted by Gasteiger charge is 2.15. The third kappa shape index (κ3) is 1.86. The first-order valence-electron chi connectivity index (χ1n) is 3.08. The van der Waals surface area contributed by atoms with Gasteiger partial charge in [0.25, 0.3) is 5.69 Å². The van der Waals surface area contributed by atoms with Crippen LogP contribution in [0.1, 0.15) is 0 Å². The maximum absolute atomic E-state index is 12.6. The Morgan fingerprint density at radius 1 is 1.38 bits per heavy atom. The van der Waals surface area contributed by atoms with Gasteiger partial charge in [-0.25, -0.2) is 4.39 Å². The maximum atomic E-state index is 12.6. The van der Waals surface area contributed by atoms with E-state index in [-0.39, 0.29) is 0 Å². The molecule has 0 unspecified atom stereocenters. The van der Waals surface area contributed by atoms with E-state index >= 15 is 0 Å². The van der Waals surface area contributed by atoms with E-state index in [1.165, 1.54) is 0 Å². The average molecular weight is 192 g/mol. The van der Waals surface area contributed by atoms with Crippen molar-refractivity contribution in [1.82, 2.24) is 0 Å². The Balaban J connectivity index is 3.13. The lowest BCUT2D eigenvalue weighted by molar-refractivity contribution is -0.385. The van der Waals surface area contributed by atoms with Gasteiger partial charge >= 0.3 is 0 Å². The second kappa shape index (κ2) is 3.30. The van der Waals surface area contributed by atoms with Gasteiger partial charge in [-0.1, -0.05) is 8.96 Å². The van der Waals surface area contributed by atoms with Crippen molar-refractivity contribution in [2.45, 2.75) is 0 Å². The summed E-state index contributed by atoms with van der Waals surface area (Å²) in [6.07, 6.45) is 0. The highest BCUT2D eigenvalue weighted by Crippen LogP contribution is 2.24. The lowest BCUT2D eigenvalue weighted by Crippen LogP contribution is -1.99. The van der Waals surface area contributed by atoms with Gasteiger partial charge in [-0.15, -0.1) is 0 Å². The normalized spacial score (nSPS) is 9.77. The first-order valence-corrected chi connectivity index (χ1v) is 3.08. The van der Waals surface area contributed by atoms with E-state index in [1.54, 1.807) is 0 Å². The Morgan fingerprint density at radius 3 is 2.38 bits per heavy atom. The summed E-state index contributed by atoms with van der Waals surface area (Å²) in [5, 5.41) is 8.63. The number of non-ortho nitro benzene ring substituents is 1. The molecule has 0 atom stereocenters. The molecule has 0 saturated heterocycles. The van der Waals surface area contributed by atoms with Crippen molar-refractivity contribution in [2.24, 2.45) is 0 Å². The van der Waals surface area contributed by atoms with E-state index in [0.29, 0.717) is 12.1 Å². The number of nitrogens with zero attached hydrogens (tertiary/aromatic N) is 2. The summed E-state index contributed by atoms with van der Waals surface area (Å²) in [7, 11) is 0. The predicted molar refractivity (Wildman–Crippen MR) is 37.7 cm³/mol. The van der Waals surface area contributed by atoms with Gasteiger partial charge in [0.15, 0.2) is 5.82 Å². The predicted octanol–water partition coefficient (Wildman–Crippen LogP) is 2.31. The Kier molecular flexibility index (Phi) is 2.36. The minimum atomic E-state index is -1.45. The van der Waals surface area contributed by atoms with Crippen molar-refractivity contribution in [3.8, 4) is 0 Å². The van der Waals surface area contributed by atoms with E-state index in [0.717, 1.165) is 6.07 Å². The second-order valence-corrected chi connectivity index (χ2v) is 2.13. The largest absolute Gasteiger partial charge is 0.272 e. The van der Waals surface area contributed by atoms with Crippen LogP contribution in [0.5, 0.6) is 0 Å². The molecule has 0 aliphatic rings. The fraction of sp³-hybridized carbons (Fsp3) is 0. The molecule has 0 saturated carbocycles. The summed E-state index contributed by atoms with van der Waals surface area (Å²) < 4.78 is 36.2. The Morgan fingerprint density at radius 2 is 2.00 bits per heavy atom. The number of rotatable bonds is 2. The SMILES string of the molecule is O=[N+]([O-])c1ccc(N(F)F)c(F)c1. The Labute approximate surface area is 70.2 Å². The molecule has 7 heteroatoms. The molecule has 4 nitrogen and oxygen atoms in total. The smallest absolute Gasteiger partial charge is 0.258 e. The van der Waals surface area contributed by atoms with Gasteiger partial charge in [0.05, 0.1) is 11.0 Å². The van der Waals surface area contributed by atoms with Crippen LogP contribution in [0.15, 0.2) is 18.2 Å². The fourth-order valence-corrected chi connectivity index (χ4v) is 0.746. The zero-order valence-corrected chi connectivity index (χ0v) is 6.08. The third-order valence-corrected chi connectivity index (χ3v) is 1.32. The van der Waals surface area contributed by atoms with Crippen molar-refractivity contribution in [3.05, 3.63) is 34.1 Å². The molecule has 0 bridgehead atoms. The molecule has 1 rings (SSSR count). The molecule has 13 heavy (non-hydrogen) atoms. The topological polar surface area (TPSA) is 46.4 Å². The number of benzene rings is 1. The van der Waals surface area contributed by atoms with E-state index in [1.807, 2.05) is 0 Å². The number of hydrogen-bond acceptors (Lipinski definition) is 3. The molecule has 0 radical (unpaired) electrons. The van der Waals surface area contributed by atoms with E-state index < -0.39 is 27.5 Å². The summed E-state index contributed by atoms with van der Waals surface area (Å²) in [6, 6.07) is 1.86. The maximum Gasteiger partial charge on any atom is 0.272 e. The van der Waals surface area contributed by atoms with E-state index in [2.05, 4.69) is 0 Å². The van der Waals surface area contributed by atoms with Gasteiger partial charge in [0, 0.05) is 6.07 Å². The number of nitro benzene ring substituents is 1. The molecular formula is C6H3F3N2O2. The van der Waals surface area contributed by atoms with Crippen LogP contribution in [-0.4, -0.2) is 4.92 Å². The van der Waals surface area contributed by atoms with Crippen molar-refractivity contribution in [1.29, 1.82) is 0 Å². The van der Waals surface area contributed by atoms with Gasteiger partial charge in [0.2, 0.25) is 0 Å². The van der Waals surface area contributed by atoms with E-state index in [4.69, 9.17) is 0 Å². The van der Waals surface area contributed by atoms with Crippen molar-refractivity contribution in [2.75, 3.05) is 5.34 Å². The van der Waals surface area contributed by atoms with Crippen LogP contribution >= 0.6 is 0 Å². The van der Waals surface area contributed by atoms with Crippen molar-refractivity contribution >= 4 is 11.4 Å². The molecule has 0 N–H and O–H groups in total. The Bertz CT molecular complexity index is 343. The second-order valence-electron chi connectivity index (χ2n) is 2.13. The van der Waals surface area contributed by atoms with E-state index in [9.17, 15) is 23.5 Å². The third-order valence-electron chi connectivity index (χ3n) is 1.32. The summed E-state index contributed by atoms with van der Waals surface area (Å²) in [4.78, 5) is 9.20. The Hall–Kier alpha value is -1.79. The van der Waals surface area contributed by atoms with Gasteiger partial charge in [-0.05, 0) is 11.4 Å². The van der Waals surface area contributed by atoms with Gasteiger partial charge < -0.3 is 0 Å². The molecule has 1 aromatic rings. The minimum absolute atomic E-state index is 0.432. The zero-order valence-electron chi connectivity index (χ0n) is 6.08. The van der Waals surface area contributed by atoms with Crippen molar-refractivity contribution in [3.63, 3.8) is 0 Å². The number of halogens is 3. The monoisotopic (exact) mass is 192 g/mol. The first-order chi connectivity index (χ1) is 6.02. The molecular weight excluding hydrogens is 189 g/mol. The summed E-state index contributed by atoms with van der Waals surface area (Å²) >= 11 is 0. The molecule has 0 aliphatic heterocycles. The zero-order chi connectivity index (χ0) is 10.0. The molecule has 0 spiro atoms. The molecule has 0 fully saturated rings. The van der Waals surface area contributed by atoms with Crippen LogP contribution in [0.25, 0.3) is 0 Å². The van der Waals surface area contributed by atoms with Crippen LogP contribution in [0.4, 0.5) is 24.7 Å². The van der Waals surface area contributed by atoms with Crippen LogP contribution in [0.3, 0.4) is 0 Å². The van der Waals surface area contributed by atoms with Gasteiger partial charge in [0.1, 0.15) is 5.69 Å². The highest BCUT2D eigenvalue weighted by molar-refractivity contribution is 5.48. The standard InChI is InChI=1S/C6H3F3N2O2/c7-5-3-4(11(12)13)1-2-6(5)10(8)9/h1-3H. The van der Waals surface area contributed by atoms with Crippen molar-refractivity contribution < 1.29 is 18.3 Å². The lowest BCUT2D eigenvalue weighted by atomic mass is 10.3.